The molecule has 0 spiro atoms. The topological polar surface area (TPSA) is 26.3 Å². The van der Waals surface area contributed by atoms with Crippen LogP contribution < -0.4 is 0 Å². The molecule has 2 rings (SSSR count). The number of halogens is 3. The molecule has 0 saturated carbocycles. The SMILES string of the molecule is CC(C)Cc1ccc(C(C(=O)OCC(F)(F)F)c2ccccc2)cc1. The fourth-order valence-corrected chi connectivity index (χ4v) is 2.66. The average molecular weight is 350 g/mol. The number of carbonyl (C=O) groups excluding carboxylic acids is 1. The van der Waals surface area contributed by atoms with Gasteiger partial charge < -0.3 is 4.74 Å². The fourth-order valence-electron chi connectivity index (χ4n) is 2.66. The third-order valence-corrected chi connectivity index (χ3v) is 3.70. The minimum Gasteiger partial charge on any atom is -0.455 e. The molecule has 0 fully saturated rings. The smallest absolute Gasteiger partial charge is 0.422 e. The summed E-state index contributed by atoms with van der Waals surface area (Å²) in [5, 5.41) is 0. The van der Waals surface area contributed by atoms with Crippen LogP contribution in [0, 0.1) is 5.92 Å². The van der Waals surface area contributed by atoms with Crippen molar-refractivity contribution >= 4 is 5.97 Å². The van der Waals surface area contributed by atoms with Crippen molar-refractivity contribution in [2.75, 3.05) is 6.61 Å². The molecule has 25 heavy (non-hydrogen) atoms. The van der Waals surface area contributed by atoms with Crippen molar-refractivity contribution in [1.82, 2.24) is 0 Å². The van der Waals surface area contributed by atoms with Crippen LogP contribution in [0.5, 0.6) is 0 Å². The van der Waals surface area contributed by atoms with Crippen molar-refractivity contribution in [3.05, 3.63) is 71.3 Å². The summed E-state index contributed by atoms with van der Waals surface area (Å²) in [6.45, 7) is 2.63. The first kappa shape index (κ1) is 19.0. The Kier molecular flexibility index (Phi) is 6.23. The lowest BCUT2D eigenvalue weighted by Crippen LogP contribution is -2.24. The maximum Gasteiger partial charge on any atom is 0.422 e. The number of rotatable bonds is 6. The first-order valence-electron chi connectivity index (χ1n) is 8.13. The second-order valence-corrected chi connectivity index (χ2v) is 6.41. The Bertz CT molecular complexity index is 676. The minimum atomic E-state index is -4.54. The van der Waals surface area contributed by atoms with E-state index < -0.39 is 24.7 Å². The maximum atomic E-state index is 12.4. The second kappa shape index (κ2) is 8.19. The van der Waals surface area contributed by atoms with Gasteiger partial charge in [-0.25, -0.2) is 0 Å². The summed E-state index contributed by atoms with van der Waals surface area (Å²) in [5.41, 5.74) is 2.34. The fraction of sp³-hybridized carbons (Fsp3) is 0.350. The van der Waals surface area contributed by atoms with Gasteiger partial charge in [0.15, 0.2) is 6.61 Å². The molecule has 1 atom stereocenters. The van der Waals surface area contributed by atoms with Gasteiger partial charge in [-0.1, -0.05) is 68.4 Å². The Morgan fingerprint density at radius 1 is 0.960 bits per heavy atom. The zero-order valence-corrected chi connectivity index (χ0v) is 14.2. The molecule has 2 nitrogen and oxygen atoms in total. The van der Waals surface area contributed by atoms with Crippen LogP contribution in [-0.2, 0) is 16.0 Å². The summed E-state index contributed by atoms with van der Waals surface area (Å²) in [5.74, 6) is -1.29. The van der Waals surface area contributed by atoms with E-state index in [9.17, 15) is 18.0 Å². The van der Waals surface area contributed by atoms with Crippen LogP contribution in [0.15, 0.2) is 54.6 Å². The predicted octanol–water partition coefficient (Wildman–Crippen LogP) is 5.12. The van der Waals surface area contributed by atoms with Crippen molar-refractivity contribution in [3.63, 3.8) is 0 Å². The Morgan fingerprint density at radius 3 is 2.04 bits per heavy atom. The van der Waals surface area contributed by atoms with Crippen molar-refractivity contribution in [3.8, 4) is 0 Å². The molecule has 0 aliphatic heterocycles. The normalized spacial score (nSPS) is 12.9. The largest absolute Gasteiger partial charge is 0.455 e. The first-order chi connectivity index (χ1) is 11.8. The summed E-state index contributed by atoms with van der Waals surface area (Å²) in [6.07, 6.45) is -3.65. The molecular weight excluding hydrogens is 329 g/mol. The molecule has 0 heterocycles. The van der Waals surface area contributed by atoms with Crippen molar-refractivity contribution in [2.24, 2.45) is 5.92 Å². The Morgan fingerprint density at radius 2 is 1.52 bits per heavy atom. The van der Waals surface area contributed by atoms with Crippen molar-refractivity contribution in [2.45, 2.75) is 32.4 Å². The number of alkyl halides is 3. The molecule has 0 radical (unpaired) electrons. The Balaban J connectivity index is 2.27. The molecule has 0 bridgehead atoms. The van der Waals surface area contributed by atoms with E-state index in [1.54, 1.807) is 42.5 Å². The second-order valence-electron chi connectivity index (χ2n) is 6.41. The monoisotopic (exact) mass is 350 g/mol. The summed E-state index contributed by atoms with van der Waals surface area (Å²) in [7, 11) is 0. The van der Waals surface area contributed by atoms with Crippen LogP contribution in [-0.4, -0.2) is 18.8 Å². The highest BCUT2D eigenvalue weighted by Gasteiger charge is 2.32. The van der Waals surface area contributed by atoms with Gasteiger partial charge in [0.25, 0.3) is 0 Å². The van der Waals surface area contributed by atoms with Gasteiger partial charge in [-0.15, -0.1) is 0 Å². The van der Waals surface area contributed by atoms with Gasteiger partial charge in [-0.05, 0) is 29.0 Å². The molecule has 0 N–H and O–H groups in total. The van der Waals surface area contributed by atoms with E-state index in [1.165, 1.54) is 0 Å². The van der Waals surface area contributed by atoms with Gasteiger partial charge >= 0.3 is 12.1 Å². The number of esters is 1. The summed E-state index contributed by atoms with van der Waals surface area (Å²) in [6, 6.07) is 16.1. The van der Waals surface area contributed by atoms with Gasteiger partial charge in [0, 0.05) is 0 Å². The number of hydrogen-bond donors (Lipinski definition) is 0. The number of ether oxygens (including phenoxy) is 1. The van der Waals surface area contributed by atoms with Gasteiger partial charge in [0.1, 0.15) is 5.92 Å². The van der Waals surface area contributed by atoms with Crippen LogP contribution in [0.2, 0.25) is 0 Å². The lowest BCUT2D eigenvalue weighted by molar-refractivity contribution is -0.186. The van der Waals surface area contributed by atoms with Gasteiger partial charge in [0.2, 0.25) is 0 Å². The van der Waals surface area contributed by atoms with Crippen LogP contribution >= 0.6 is 0 Å². The third kappa shape index (κ3) is 5.93. The molecule has 0 amide bonds. The van der Waals surface area contributed by atoms with Crippen LogP contribution in [0.4, 0.5) is 13.2 Å². The molecule has 0 aliphatic carbocycles. The highest BCUT2D eigenvalue weighted by molar-refractivity contribution is 5.82. The van der Waals surface area contributed by atoms with Gasteiger partial charge in [-0.2, -0.15) is 13.2 Å². The number of hydrogen-bond acceptors (Lipinski definition) is 2. The molecule has 1 unspecified atom stereocenters. The van der Waals surface area contributed by atoms with E-state index in [0.29, 0.717) is 17.0 Å². The van der Waals surface area contributed by atoms with Crippen LogP contribution in [0.3, 0.4) is 0 Å². The molecule has 0 aromatic heterocycles. The van der Waals surface area contributed by atoms with E-state index >= 15 is 0 Å². The molecular formula is C20H21F3O2. The molecule has 0 aliphatic rings. The standard InChI is InChI=1S/C20H21F3O2/c1-14(2)12-15-8-10-17(11-9-15)18(16-6-4-3-5-7-16)19(24)25-13-20(21,22)23/h3-11,14,18H,12-13H2,1-2H3. The van der Waals surface area contributed by atoms with E-state index in [2.05, 4.69) is 18.6 Å². The minimum absolute atomic E-state index is 0.493. The maximum absolute atomic E-state index is 12.4. The predicted molar refractivity (Wildman–Crippen MR) is 90.3 cm³/mol. The zero-order chi connectivity index (χ0) is 18.4. The highest BCUT2D eigenvalue weighted by Crippen LogP contribution is 2.28. The zero-order valence-electron chi connectivity index (χ0n) is 14.2. The number of benzene rings is 2. The van der Waals surface area contributed by atoms with E-state index in [0.717, 1.165) is 12.0 Å². The van der Waals surface area contributed by atoms with Crippen LogP contribution in [0.25, 0.3) is 0 Å². The molecule has 134 valence electrons. The molecule has 2 aromatic carbocycles. The van der Waals surface area contributed by atoms with Gasteiger partial charge in [0.05, 0.1) is 0 Å². The van der Waals surface area contributed by atoms with Gasteiger partial charge in [-0.3, -0.25) is 4.79 Å². The van der Waals surface area contributed by atoms with E-state index in [4.69, 9.17) is 0 Å². The first-order valence-corrected chi connectivity index (χ1v) is 8.13. The molecule has 0 saturated heterocycles. The summed E-state index contributed by atoms with van der Waals surface area (Å²) in [4.78, 5) is 12.3. The lowest BCUT2D eigenvalue weighted by atomic mass is 9.90. The summed E-state index contributed by atoms with van der Waals surface area (Å²) >= 11 is 0. The van der Waals surface area contributed by atoms with Crippen molar-refractivity contribution < 1.29 is 22.7 Å². The highest BCUT2D eigenvalue weighted by atomic mass is 19.4. The van der Waals surface area contributed by atoms with E-state index in [-0.39, 0.29) is 0 Å². The Hall–Kier alpha value is -2.30. The molecule has 5 heteroatoms. The lowest BCUT2D eigenvalue weighted by Gasteiger charge is -2.18. The molecule has 2 aromatic rings. The third-order valence-electron chi connectivity index (χ3n) is 3.70. The number of carbonyl (C=O) groups is 1. The Labute approximate surface area is 145 Å². The quantitative estimate of drug-likeness (QED) is 0.676. The average Bonchev–Trinajstić information content (AvgIpc) is 2.55. The van der Waals surface area contributed by atoms with Crippen LogP contribution in [0.1, 0.15) is 36.5 Å². The van der Waals surface area contributed by atoms with E-state index in [1.807, 2.05) is 12.1 Å². The summed E-state index contributed by atoms with van der Waals surface area (Å²) < 4.78 is 41.7. The van der Waals surface area contributed by atoms with Crippen molar-refractivity contribution in [1.29, 1.82) is 0 Å².